The highest BCUT2D eigenvalue weighted by molar-refractivity contribution is 7.98. The van der Waals surface area contributed by atoms with Gasteiger partial charge in [-0.3, -0.25) is 4.99 Å². The van der Waals surface area contributed by atoms with Crippen LogP contribution in [-0.4, -0.2) is 31.6 Å². The fourth-order valence-electron chi connectivity index (χ4n) is 1.73. The van der Waals surface area contributed by atoms with Crippen molar-refractivity contribution in [1.29, 1.82) is 0 Å². The fourth-order valence-corrected chi connectivity index (χ4v) is 2.46. The Kier molecular flexibility index (Phi) is 7.75. The molecule has 106 valence electrons. The first kappa shape index (κ1) is 16.2. The van der Waals surface area contributed by atoms with E-state index in [1.165, 1.54) is 0 Å². The maximum absolute atomic E-state index is 6.19. The van der Waals surface area contributed by atoms with Crippen molar-refractivity contribution in [3.05, 3.63) is 34.9 Å². The molecular weight excluding hydrogens is 278 g/mol. The molecule has 0 bridgehead atoms. The van der Waals surface area contributed by atoms with Gasteiger partial charge in [0.2, 0.25) is 0 Å². The summed E-state index contributed by atoms with van der Waals surface area (Å²) in [5, 5.41) is 7.43. The number of nitrogens with one attached hydrogen (secondary N) is 2. The van der Waals surface area contributed by atoms with Crippen LogP contribution in [0.4, 0.5) is 0 Å². The molecule has 0 heterocycles. The average Bonchev–Trinajstić information content (AvgIpc) is 2.42. The van der Waals surface area contributed by atoms with Crippen LogP contribution in [0, 0.1) is 0 Å². The van der Waals surface area contributed by atoms with Crippen LogP contribution in [0.25, 0.3) is 0 Å². The molecule has 1 atom stereocenters. The minimum absolute atomic E-state index is 0.125. The van der Waals surface area contributed by atoms with Crippen molar-refractivity contribution in [2.45, 2.75) is 19.4 Å². The van der Waals surface area contributed by atoms with Gasteiger partial charge in [-0.05, 0) is 37.0 Å². The van der Waals surface area contributed by atoms with Gasteiger partial charge in [-0.15, -0.1) is 0 Å². The summed E-state index contributed by atoms with van der Waals surface area (Å²) in [7, 11) is 1.78. The summed E-state index contributed by atoms with van der Waals surface area (Å²) < 4.78 is 0. The largest absolute Gasteiger partial charge is 0.356 e. The van der Waals surface area contributed by atoms with Crippen LogP contribution in [-0.2, 0) is 0 Å². The summed E-state index contributed by atoms with van der Waals surface area (Å²) in [4.78, 5) is 4.23. The van der Waals surface area contributed by atoms with Gasteiger partial charge >= 0.3 is 0 Å². The minimum Gasteiger partial charge on any atom is -0.356 e. The fraction of sp³-hybridized carbons (Fsp3) is 0.500. The number of rotatable bonds is 6. The second-order valence-electron chi connectivity index (χ2n) is 4.23. The molecule has 1 unspecified atom stereocenters. The number of guanidine groups is 1. The number of nitrogens with zero attached hydrogens (tertiary/aromatic N) is 1. The molecular formula is C14H22ClN3S. The quantitative estimate of drug-likeness (QED) is 0.481. The Morgan fingerprint density at radius 3 is 2.79 bits per heavy atom. The SMILES string of the molecule is CN=C(NCCCSC)NC(C)c1ccccc1Cl. The zero-order chi connectivity index (χ0) is 14.1. The Balaban J connectivity index is 2.50. The molecule has 0 saturated heterocycles. The first-order valence-corrected chi connectivity index (χ1v) is 8.16. The van der Waals surface area contributed by atoms with Gasteiger partial charge < -0.3 is 10.6 Å². The Labute approximate surface area is 125 Å². The number of thioether (sulfide) groups is 1. The molecule has 2 N–H and O–H groups in total. The predicted octanol–water partition coefficient (Wildman–Crippen LogP) is 3.32. The summed E-state index contributed by atoms with van der Waals surface area (Å²) >= 11 is 8.04. The predicted molar refractivity (Wildman–Crippen MR) is 87.4 cm³/mol. The molecule has 0 fully saturated rings. The standard InChI is InChI=1S/C14H22ClN3S/c1-11(12-7-4-5-8-13(12)15)18-14(16-2)17-9-6-10-19-3/h4-5,7-8,11H,6,9-10H2,1-3H3,(H2,16,17,18). The highest BCUT2D eigenvalue weighted by atomic mass is 35.5. The average molecular weight is 300 g/mol. The van der Waals surface area contributed by atoms with E-state index in [9.17, 15) is 0 Å². The van der Waals surface area contributed by atoms with Crippen molar-refractivity contribution < 1.29 is 0 Å². The zero-order valence-corrected chi connectivity index (χ0v) is 13.3. The third-order valence-corrected chi connectivity index (χ3v) is 3.81. The van der Waals surface area contributed by atoms with Gasteiger partial charge in [-0.2, -0.15) is 11.8 Å². The van der Waals surface area contributed by atoms with Crippen molar-refractivity contribution in [2.75, 3.05) is 25.6 Å². The van der Waals surface area contributed by atoms with E-state index in [0.29, 0.717) is 0 Å². The first-order valence-electron chi connectivity index (χ1n) is 6.39. The lowest BCUT2D eigenvalue weighted by Gasteiger charge is -2.19. The Morgan fingerprint density at radius 1 is 1.42 bits per heavy atom. The Morgan fingerprint density at radius 2 is 2.16 bits per heavy atom. The van der Waals surface area contributed by atoms with Crippen LogP contribution >= 0.6 is 23.4 Å². The van der Waals surface area contributed by atoms with E-state index < -0.39 is 0 Å². The first-order chi connectivity index (χ1) is 9.19. The number of hydrogen-bond acceptors (Lipinski definition) is 2. The lowest BCUT2D eigenvalue weighted by Crippen LogP contribution is -2.39. The van der Waals surface area contributed by atoms with Gasteiger partial charge in [-0.1, -0.05) is 29.8 Å². The van der Waals surface area contributed by atoms with Crippen LogP contribution in [0.2, 0.25) is 5.02 Å². The molecule has 0 aliphatic heterocycles. The molecule has 1 rings (SSSR count). The maximum atomic E-state index is 6.19. The summed E-state index contributed by atoms with van der Waals surface area (Å²) in [6, 6.07) is 7.99. The molecule has 0 aromatic heterocycles. The van der Waals surface area contributed by atoms with Crippen molar-refractivity contribution >= 4 is 29.3 Å². The van der Waals surface area contributed by atoms with Gasteiger partial charge in [0.25, 0.3) is 0 Å². The topological polar surface area (TPSA) is 36.4 Å². The molecule has 0 aliphatic rings. The molecule has 0 spiro atoms. The number of aliphatic imine (C=N–C) groups is 1. The smallest absolute Gasteiger partial charge is 0.191 e. The summed E-state index contributed by atoms with van der Waals surface area (Å²) in [5.74, 6) is 1.97. The lowest BCUT2D eigenvalue weighted by atomic mass is 10.1. The lowest BCUT2D eigenvalue weighted by molar-refractivity contribution is 0.683. The molecule has 0 amide bonds. The van der Waals surface area contributed by atoms with Crippen LogP contribution in [0.15, 0.2) is 29.3 Å². The Bertz CT molecular complexity index is 409. The number of halogens is 1. The molecule has 0 aliphatic carbocycles. The number of hydrogen-bond donors (Lipinski definition) is 2. The monoisotopic (exact) mass is 299 g/mol. The normalized spacial score (nSPS) is 13.2. The molecule has 0 radical (unpaired) electrons. The second kappa shape index (κ2) is 9.10. The Hall–Kier alpha value is -0.870. The molecule has 5 heteroatoms. The highest BCUT2D eigenvalue weighted by Gasteiger charge is 2.10. The van der Waals surface area contributed by atoms with Gasteiger partial charge in [0.15, 0.2) is 5.96 Å². The third kappa shape index (κ3) is 5.74. The van der Waals surface area contributed by atoms with Gasteiger partial charge in [-0.25, -0.2) is 0 Å². The van der Waals surface area contributed by atoms with Crippen LogP contribution in [0.3, 0.4) is 0 Å². The van der Waals surface area contributed by atoms with E-state index in [2.05, 4.69) is 28.8 Å². The van der Waals surface area contributed by atoms with Crippen LogP contribution in [0.1, 0.15) is 24.9 Å². The van der Waals surface area contributed by atoms with Gasteiger partial charge in [0.1, 0.15) is 0 Å². The van der Waals surface area contributed by atoms with E-state index in [1.54, 1.807) is 7.05 Å². The summed E-state index contributed by atoms with van der Waals surface area (Å²) in [5.41, 5.74) is 1.08. The van der Waals surface area contributed by atoms with E-state index >= 15 is 0 Å². The van der Waals surface area contributed by atoms with E-state index in [0.717, 1.165) is 35.3 Å². The minimum atomic E-state index is 0.125. The molecule has 1 aromatic rings. The molecule has 19 heavy (non-hydrogen) atoms. The molecule has 1 aromatic carbocycles. The van der Waals surface area contributed by atoms with Gasteiger partial charge in [0.05, 0.1) is 6.04 Å². The van der Waals surface area contributed by atoms with Crippen LogP contribution < -0.4 is 10.6 Å². The molecule has 0 saturated carbocycles. The third-order valence-electron chi connectivity index (χ3n) is 2.77. The van der Waals surface area contributed by atoms with E-state index in [-0.39, 0.29) is 6.04 Å². The second-order valence-corrected chi connectivity index (χ2v) is 5.63. The van der Waals surface area contributed by atoms with Crippen LogP contribution in [0.5, 0.6) is 0 Å². The van der Waals surface area contributed by atoms with Crippen molar-refractivity contribution in [3.63, 3.8) is 0 Å². The molecule has 3 nitrogen and oxygen atoms in total. The number of benzene rings is 1. The van der Waals surface area contributed by atoms with Crippen molar-refractivity contribution in [1.82, 2.24) is 10.6 Å². The zero-order valence-electron chi connectivity index (χ0n) is 11.7. The van der Waals surface area contributed by atoms with E-state index in [1.807, 2.05) is 36.0 Å². The summed E-state index contributed by atoms with van der Waals surface area (Å²) in [6.45, 7) is 3.01. The highest BCUT2D eigenvalue weighted by Crippen LogP contribution is 2.21. The van der Waals surface area contributed by atoms with Crippen molar-refractivity contribution in [3.8, 4) is 0 Å². The van der Waals surface area contributed by atoms with Gasteiger partial charge in [0, 0.05) is 18.6 Å². The van der Waals surface area contributed by atoms with Crippen molar-refractivity contribution in [2.24, 2.45) is 4.99 Å². The van der Waals surface area contributed by atoms with E-state index in [4.69, 9.17) is 11.6 Å². The maximum Gasteiger partial charge on any atom is 0.191 e. The summed E-state index contributed by atoms with van der Waals surface area (Å²) in [6.07, 6.45) is 3.24.